The molecule has 0 aliphatic heterocycles. The molecular formula is C11H16O3. The predicted molar refractivity (Wildman–Crippen MR) is 54.5 cm³/mol. The average Bonchev–Trinajstić information content (AvgIpc) is 2.08. The van der Waals surface area contributed by atoms with Crippen molar-refractivity contribution in [2.75, 3.05) is 0 Å². The van der Waals surface area contributed by atoms with Crippen LogP contribution < -0.4 is 5.43 Å². The first kappa shape index (κ1) is 10.8. The largest absolute Gasteiger partial charge is 0.502 e. The van der Waals surface area contributed by atoms with Crippen LogP contribution >= 0.6 is 0 Å². The summed E-state index contributed by atoms with van der Waals surface area (Å²) < 4.78 is 5.29. The molecule has 1 aromatic rings. The van der Waals surface area contributed by atoms with Gasteiger partial charge in [-0.3, -0.25) is 4.79 Å². The molecule has 3 heteroatoms. The summed E-state index contributed by atoms with van der Waals surface area (Å²) in [6.45, 7) is 5.88. The van der Waals surface area contributed by atoms with Crippen LogP contribution in [-0.4, -0.2) is 5.11 Å². The molecular weight excluding hydrogens is 180 g/mol. The maximum Gasteiger partial charge on any atom is 0.227 e. The molecule has 0 fully saturated rings. The fraction of sp³-hybridized carbons (Fsp3) is 0.545. The van der Waals surface area contributed by atoms with Crippen molar-refractivity contribution in [1.29, 1.82) is 0 Å². The van der Waals surface area contributed by atoms with Gasteiger partial charge in [0.1, 0.15) is 11.5 Å². The van der Waals surface area contributed by atoms with Crippen LogP contribution in [0.15, 0.2) is 15.3 Å². The molecule has 14 heavy (non-hydrogen) atoms. The van der Waals surface area contributed by atoms with Crippen LogP contribution in [0.2, 0.25) is 0 Å². The summed E-state index contributed by atoms with van der Waals surface area (Å²) in [5.41, 5.74) is -0.354. The molecule has 1 aromatic heterocycles. The highest BCUT2D eigenvalue weighted by Crippen LogP contribution is 2.17. The monoisotopic (exact) mass is 196 g/mol. The van der Waals surface area contributed by atoms with Crippen molar-refractivity contribution < 1.29 is 9.52 Å². The fourth-order valence-electron chi connectivity index (χ4n) is 1.25. The molecule has 3 nitrogen and oxygen atoms in total. The summed E-state index contributed by atoms with van der Waals surface area (Å²) >= 11 is 0. The Hall–Kier alpha value is -1.25. The maximum absolute atomic E-state index is 11.2. The van der Waals surface area contributed by atoms with Crippen molar-refractivity contribution in [3.63, 3.8) is 0 Å². The van der Waals surface area contributed by atoms with Crippen molar-refractivity contribution in [1.82, 2.24) is 0 Å². The Kier molecular flexibility index (Phi) is 3.33. The predicted octanol–water partition coefficient (Wildman–Crippen LogP) is 2.24. The summed E-state index contributed by atoms with van der Waals surface area (Å²) in [6, 6.07) is 1.30. The third-order valence-electron chi connectivity index (χ3n) is 2.06. The smallest absolute Gasteiger partial charge is 0.227 e. The van der Waals surface area contributed by atoms with Crippen LogP contribution in [0.5, 0.6) is 5.75 Å². The van der Waals surface area contributed by atoms with E-state index >= 15 is 0 Å². The minimum Gasteiger partial charge on any atom is -0.502 e. The second-order valence-corrected chi connectivity index (χ2v) is 3.93. The highest BCUT2D eigenvalue weighted by atomic mass is 16.4. The van der Waals surface area contributed by atoms with E-state index in [9.17, 15) is 9.90 Å². The van der Waals surface area contributed by atoms with Gasteiger partial charge in [-0.15, -0.1) is 0 Å². The number of hydrogen-bond donors (Lipinski definition) is 1. The Labute approximate surface area is 83.4 Å². The molecule has 1 heterocycles. The summed E-state index contributed by atoms with van der Waals surface area (Å²) in [6.07, 6.45) is 1.51. The first-order valence-electron chi connectivity index (χ1n) is 4.83. The Morgan fingerprint density at radius 2 is 2.14 bits per heavy atom. The van der Waals surface area contributed by atoms with Crippen molar-refractivity contribution in [3.8, 4) is 5.75 Å². The van der Waals surface area contributed by atoms with E-state index in [2.05, 4.69) is 13.8 Å². The Morgan fingerprint density at radius 1 is 1.50 bits per heavy atom. The maximum atomic E-state index is 11.2. The molecule has 0 atom stereocenters. The zero-order valence-electron chi connectivity index (χ0n) is 8.83. The van der Waals surface area contributed by atoms with Crippen LogP contribution in [0.25, 0.3) is 0 Å². The lowest BCUT2D eigenvalue weighted by atomic mass is 10.1. The van der Waals surface area contributed by atoms with Crippen molar-refractivity contribution in [2.45, 2.75) is 33.6 Å². The lowest BCUT2D eigenvalue weighted by Gasteiger charge is -2.06. The molecule has 0 aliphatic rings. The number of aromatic hydroxyl groups is 1. The molecule has 0 unspecified atom stereocenters. The fourth-order valence-corrected chi connectivity index (χ4v) is 1.25. The van der Waals surface area contributed by atoms with Crippen LogP contribution in [0.4, 0.5) is 0 Å². The summed E-state index contributed by atoms with van der Waals surface area (Å²) in [4.78, 5) is 11.2. The zero-order chi connectivity index (χ0) is 10.7. The second-order valence-electron chi connectivity index (χ2n) is 3.93. The summed E-state index contributed by atoms with van der Waals surface area (Å²) in [5.74, 6) is 1.24. The summed E-state index contributed by atoms with van der Waals surface area (Å²) in [5, 5.41) is 9.43. The minimum atomic E-state index is -0.354. The lowest BCUT2D eigenvalue weighted by molar-refractivity contribution is 0.378. The third kappa shape index (κ3) is 2.62. The molecule has 0 radical (unpaired) electrons. The third-order valence-corrected chi connectivity index (χ3v) is 2.06. The highest BCUT2D eigenvalue weighted by Gasteiger charge is 2.09. The SMILES string of the molecule is Cc1cc(=O)c(O)c(CCC(C)C)o1. The van der Waals surface area contributed by atoms with Gasteiger partial charge in [0, 0.05) is 12.5 Å². The van der Waals surface area contributed by atoms with Crippen LogP contribution in [-0.2, 0) is 6.42 Å². The topological polar surface area (TPSA) is 50.4 Å². The van der Waals surface area contributed by atoms with Gasteiger partial charge < -0.3 is 9.52 Å². The van der Waals surface area contributed by atoms with Crippen molar-refractivity contribution in [2.24, 2.45) is 5.92 Å². The molecule has 0 spiro atoms. The first-order valence-corrected chi connectivity index (χ1v) is 4.83. The minimum absolute atomic E-state index is 0.240. The van der Waals surface area contributed by atoms with E-state index in [1.165, 1.54) is 6.07 Å². The lowest BCUT2D eigenvalue weighted by Crippen LogP contribution is -2.04. The molecule has 78 valence electrons. The van der Waals surface area contributed by atoms with E-state index < -0.39 is 0 Å². The number of aryl methyl sites for hydroxylation is 2. The molecule has 1 rings (SSSR count). The zero-order valence-corrected chi connectivity index (χ0v) is 8.83. The number of hydrogen-bond acceptors (Lipinski definition) is 3. The van der Waals surface area contributed by atoms with E-state index in [0.29, 0.717) is 23.9 Å². The molecule has 0 saturated heterocycles. The van der Waals surface area contributed by atoms with Gasteiger partial charge in [0.2, 0.25) is 11.2 Å². The van der Waals surface area contributed by atoms with Crippen LogP contribution in [0.1, 0.15) is 31.8 Å². The van der Waals surface area contributed by atoms with E-state index in [1.807, 2.05) is 0 Å². The van der Waals surface area contributed by atoms with Crippen LogP contribution in [0, 0.1) is 12.8 Å². The van der Waals surface area contributed by atoms with E-state index in [0.717, 1.165) is 6.42 Å². The molecule has 0 bridgehead atoms. The van der Waals surface area contributed by atoms with Gasteiger partial charge in [-0.05, 0) is 19.3 Å². The molecule has 0 aromatic carbocycles. The van der Waals surface area contributed by atoms with Gasteiger partial charge >= 0.3 is 0 Å². The molecule has 1 N–H and O–H groups in total. The van der Waals surface area contributed by atoms with Gasteiger partial charge in [0.15, 0.2) is 0 Å². The molecule has 0 amide bonds. The number of rotatable bonds is 3. The normalized spacial score (nSPS) is 10.9. The van der Waals surface area contributed by atoms with Gasteiger partial charge in [-0.2, -0.15) is 0 Å². The molecule has 0 saturated carbocycles. The average molecular weight is 196 g/mol. The van der Waals surface area contributed by atoms with Gasteiger partial charge in [0.25, 0.3) is 0 Å². The van der Waals surface area contributed by atoms with E-state index in [-0.39, 0.29) is 11.2 Å². The van der Waals surface area contributed by atoms with E-state index in [1.54, 1.807) is 6.92 Å². The highest BCUT2D eigenvalue weighted by molar-refractivity contribution is 5.24. The second kappa shape index (κ2) is 4.31. The Morgan fingerprint density at radius 3 is 2.71 bits per heavy atom. The van der Waals surface area contributed by atoms with E-state index in [4.69, 9.17) is 4.42 Å². The van der Waals surface area contributed by atoms with Crippen molar-refractivity contribution in [3.05, 3.63) is 27.8 Å². The quantitative estimate of drug-likeness (QED) is 0.806. The standard InChI is InChI=1S/C11H16O3/c1-7(2)4-5-10-11(13)9(12)6-8(3)14-10/h6-7,13H,4-5H2,1-3H3. The Bertz CT molecular complexity index is 363. The first-order chi connectivity index (χ1) is 6.50. The summed E-state index contributed by atoms with van der Waals surface area (Å²) in [7, 11) is 0. The Balaban J connectivity index is 2.91. The van der Waals surface area contributed by atoms with Gasteiger partial charge in [0.05, 0.1) is 0 Å². The van der Waals surface area contributed by atoms with Crippen molar-refractivity contribution >= 4 is 0 Å². The van der Waals surface area contributed by atoms with Gasteiger partial charge in [-0.1, -0.05) is 13.8 Å². The molecule has 0 aliphatic carbocycles. The van der Waals surface area contributed by atoms with Gasteiger partial charge in [-0.25, -0.2) is 0 Å². The van der Waals surface area contributed by atoms with Crippen LogP contribution in [0.3, 0.4) is 0 Å².